The highest BCUT2D eigenvalue weighted by molar-refractivity contribution is 5.67. The van der Waals surface area contributed by atoms with E-state index in [4.69, 9.17) is 4.74 Å². The zero-order valence-electron chi connectivity index (χ0n) is 10.7. The molecule has 1 aliphatic rings. The number of carbonyl (C=O) groups is 1. The molecule has 0 aromatic heterocycles. The van der Waals surface area contributed by atoms with Crippen LogP contribution in [0.4, 0.5) is 4.79 Å². The van der Waals surface area contributed by atoms with Gasteiger partial charge >= 0.3 is 6.09 Å². The number of amides is 1. The molecule has 1 aromatic carbocycles. The van der Waals surface area contributed by atoms with E-state index >= 15 is 0 Å². The van der Waals surface area contributed by atoms with Gasteiger partial charge in [0.1, 0.15) is 6.61 Å². The molecule has 1 aromatic rings. The van der Waals surface area contributed by atoms with Crippen molar-refractivity contribution in [2.24, 2.45) is 11.8 Å². The van der Waals surface area contributed by atoms with Crippen molar-refractivity contribution < 1.29 is 9.53 Å². The first-order valence-electron chi connectivity index (χ1n) is 6.41. The molecule has 18 heavy (non-hydrogen) atoms. The molecular weight excluding hydrogens is 228 g/mol. The summed E-state index contributed by atoms with van der Waals surface area (Å²) in [6, 6.07) is 9.69. The summed E-state index contributed by atoms with van der Waals surface area (Å²) in [5.41, 5.74) is 1.00. The Morgan fingerprint density at radius 3 is 2.83 bits per heavy atom. The van der Waals surface area contributed by atoms with Crippen LogP contribution in [0.5, 0.6) is 0 Å². The second kappa shape index (κ2) is 6.40. The highest BCUT2D eigenvalue weighted by Gasteiger charge is 2.23. The molecule has 4 nitrogen and oxygen atoms in total. The molecular formula is C14H20N2O2. The fourth-order valence-corrected chi connectivity index (χ4v) is 2.13. The van der Waals surface area contributed by atoms with Crippen LogP contribution in [0.1, 0.15) is 12.5 Å². The summed E-state index contributed by atoms with van der Waals surface area (Å²) in [5, 5.41) is 6.14. The maximum atomic E-state index is 11.5. The van der Waals surface area contributed by atoms with Gasteiger partial charge in [-0.2, -0.15) is 0 Å². The third-order valence-electron chi connectivity index (χ3n) is 3.40. The number of benzene rings is 1. The standard InChI is InChI=1S/C14H20N2O2/c1-11-7-15-8-13(11)9-16-14(17)18-10-12-5-3-2-4-6-12/h2-6,11,13,15H,7-10H2,1H3,(H,16,17)/t11-,13-/m0/s1. The van der Waals surface area contributed by atoms with Gasteiger partial charge in [-0.05, 0) is 30.5 Å². The third-order valence-corrected chi connectivity index (χ3v) is 3.40. The van der Waals surface area contributed by atoms with Crippen molar-refractivity contribution in [1.82, 2.24) is 10.6 Å². The first-order chi connectivity index (χ1) is 8.75. The molecule has 98 valence electrons. The summed E-state index contributed by atoms with van der Waals surface area (Å²) in [6.45, 7) is 5.21. The number of carbonyl (C=O) groups excluding carboxylic acids is 1. The Balaban J connectivity index is 1.66. The topological polar surface area (TPSA) is 50.4 Å². The summed E-state index contributed by atoms with van der Waals surface area (Å²) in [7, 11) is 0. The van der Waals surface area contributed by atoms with Gasteiger partial charge < -0.3 is 15.4 Å². The van der Waals surface area contributed by atoms with E-state index in [2.05, 4.69) is 17.6 Å². The van der Waals surface area contributed by atoms with E-state index in [1.807, 2.05) is 30.3 Å². The molecule has 0 radical (unpaired) electrons. The molecule has 2 N–H and O–H groups in total. The predicted molar refractivity (Wildman–Crippen MR) is 70.2 cm³/mol. The van der Waals surface area contributed by atoms with Crippen molar-refractivity contribution in [3.8, 4) is 0 Å². The lowest BCUT2D eigenvalue weighted by Gasteiger charge is -2.14. The third kappa shape index (κ3) is 3.74. The number of alkyl carbamates (subject to hydrolysis) is 1. The molecule has 0 saturated carbocycles. The molecule has 1 saturated heterocycles. The number of ether oxygens (including phenoxy) is 1. The number of nitrogens with one attached hydrogen (secondary N) is 2. The highest BCUT2D eigenvalue weighted by atomic mass is 16.5. The van der Waals surface area contributed by atoms with Crippen molar-refractivity contribution in [2.45, 2.75) is 13.5 Å². The summed E-state index contributed by atoms with van der Waals surface area (Å²) in [5.74, 6) is 1.12. The molecule has 0 unspecified atom stereocenters. The number of hydrogen-bond donors (Lipinski definition) is 2. The van der Waals surface area contributed by atoms with Crippen molar-refractivity contribution in [2.75, 3.05) is 19.6 Å². The Hall–Kier alpha value is -1.55. The first-order valence-corrected chi connectivity index (χ1v) is 6.41. The summed E-state index contributed by atoms with van der Waals surface area (Å²) in [6.07, 6.45) is -0.335. The molecule has 2 rings (SSSR count). The van der Waals surface area contributed by atoms with Crippen molar-refractivity contribution in [3.63, 3.8) is 0 Å². The number of hydrogen-bond acceptors (Lipinski definition) is 3. The average molecular weight is 248 g/mol. The monoisotopic (exact) mass is 248 g/mol. The Bertz CT molecular complexity index is 381. The fourth-order valence-electron chi connectivity index (χ4n) is 2.13. The van der Waals surface area contributed by atoms with E-state index in [1.54, 1.807) is 0 Å². The summed E-state index contributed by atoms with van der Waals surface area (Å²) < 4.78 is 5.15. The van der Waals surface area contributed by atoms with Gasteiger partial charge in [0, 0.05) is 6.54 Å². The normalized spacial score (nSPS) is 22.7. The minimum atomic E-state index is -0.335. The van der Waals surface area contributed by atoms with Gasteiger partial charge in [-0.25, -0.2) is 4.79 Å². The van der Waals surface area contributed by atoms with Crippen LogP contribution in [0.2, 0.25) is 0 Å². The lowest BCUT2D eigenvalue weighted by Crippen LogP contribution is -2.32. The van der Waals surface area contributed by atoms with Crippen LogP contribution in [0.15, 0.2) is 30.3 Å². The molecule has 0 bridgehead atoms. The summed E-state index contributed by atoms with van der Waals surface area (Å²) >= 11 is 0. The SMILES string of the molecule is C[C@H]1CNC[C@H]1CNC(=O)OCc1ccccc1. The van der Waals surface area contributed by atoms with Gasteiger partial charge in [0.05, 0.1) is 0 Å². The van der Waals surface area contributed by atoms with Crippen LogP contribution in [-0.2, 0) is 11.3 Å². The quantitative estimate of drug-likeness (QED) is 0.853. The molecule has 0 aliphatic carbocycles. The first kappa shape index (κ1) is 12.9. The molecule has 0 spiro atoms. The van der Waals surface area contributed by atoms with E-state index in [0.717, 1.165) is 18.7 Å². The van der Waals surface area contributed by atoms with Crippen molar-refractivity contribution in [1.29, 1.82) is 0 Å². The number of rotatable bonds is 4. The maximum Gasteiger partial charge on any atom is 0.407 e. The molecule has 2 atom stereocenters. The van der Waals surface area contributed by atoms with E-state index < -0.39 is 0 Å². The average Bonchev–Trinajstić information content (AvgIpc) is 2.81. The van der Waals surface area contributed by atoms with Gasteiger partial charge in [-0.3, -0.25) is 0 Å². The maximum absolute atomic E-state index is 11.5. The zero-order valence-corrected chi connectivity index (χ0v) is 10.7. The van der Waals surface area contributed by atoms with Crippen LogP contribution < -0.4 is 10.6 Å². The van der Waals surface area contributed by atoms with Gasteiger partial charge in [-0.1, -0.05) is 37.3 Å². The highest BCUT2D eigenvalue weighted by Crippen LogP contribution is 2.14. The zero-order chi connectivity index (χ0) is 12.8. The largest absolute Gasteiger partial charge is 0.445 e. The summed E-state index contributed by atoms with van der Waals surface area (Å²) in [4.78, 5) is 11.5. The van der Waals surface area contributed by atoms with Crippen molar-refractivity contribution in [3.05, 3.63) is 35.9 Å². The van der Waals surface area contributed by atoms with Gasteiger partial charge in [0.25, 0.3) is 0 Å². The van der Waals surface area contributed by atoms with E-state index in [-0.39, 0.29) is 6.09 Å². The minimum Gasteiger partial charge on any atom is -0.445 e. The Labute approximate surface area is 108 Å². The fraction of sp³-hybridized carbons (Fsp3) is 0.500. The van der Waals surface area contributed by atoms with Crippen LogP contribution in [-0.4, -0.2) is 25.7 Å². The van der Waals surface area contributed by atoms with Gasteiger partial charge in [0.15, 0.2) is 0 Å². The Morgan fingerprint density at radius 2 is 2.17 bits per heavy atom. The van der Waals surface area contributed by atoms with Crippen LogP contribution in [0.3, 0.4) is 0 Å². The van der Waals surface area contributed by atoms with E-state index in [0.29, 0.717) is 25.0 Å². The Kier molecular flexibility index (Phi) is 4.59. The van der Waals surface area contributed by atoms with Crippen LogP contribution >= 0.6 is 0 Å². The van der Waals surface area contributed by atoms with Crippen molar-refractivity contribution >= 4 is 6.09 Å². The molecule has 4 heteroatoms. The molecule has 1 aliphatic heterocycles. The predicted octanol–water partition coefficient (Wildman–Crippen LogP) is 1.77. The van der Waals surface area contributed by atoms with Crippen LogP contribution in [0, 0.1) is 11.8 Å². The van der Waals surface area contributed by atoms with Gasteiger partial charge in [0.2, 0.25) is 0 Å². The second-order valence-electron chi connectivity index (χ2n) is 4.84. The van der Waals surface area contributed by atoms with E-state index in [9.17, 15) is 4.79 Å². The lowest BCUT2D eigenvalue weighted by molar-refractivity contribution is 0.137. The lowest BCUT2D eigenvalue weighted by atomic mass is 9.98. The Morgan fingerprint density at radius 1 is 1.39 bits per heavy atom. The molecule has 1 amide bonds. The second-order valence-corrected chi connectivity index (χ2v) is 4.84. The minimum absolute atomic E-state index is 0.325. The smallest absolute Gasteiger partial charge is 0.407 e. The van der Waals surface area contributed by atoms with E-state index in [1.165, 1.54) is 0 Å². The molecule has 1 heterocycles. The van der Waals surface area contributed by atoms with Gasteiger partial charge in [-0.15, -0.1) is 0 Å². The molecule has 1 fully saturated rings. The van der Waals surface area contributed by atoms with Crippen LogP contribution in [0.25, 0.3) is 0 Å².